The van der Waals surface area contributed by atoms with Crippen LogP contribution in [0.15, 0.2) is 24.3 Å². The predicted octanol–water partition coefficient (Wildman–Crippen LogP) is 4.53. The highest BCUT2D eigenvalue weighted by molar-refractivity contribution is 6.30. The fourth-order valence-electron chi connectivity index (χ4n) is 4.80. The van der Waals surface area contributed by atoms with E-state index in [1.165, 1.54) is 19.3 Å². The van der Waals surface area contributed by atoms with Gasteiger partial charge in [0.2, 0.25) is 11.8 Å². The van der Waals surface area contributed by atoms with Crippen molar-refractivity contribution in [2.45, 2.75) is 57.8 Å². The number of nitrogens with zero attached hydrogens (tertiary/aromatic N) is 2. The largest absolute Gasteiger partial charge is 0.493 e. The molecule has 2 heterocycles. The molecule has 3 aliphatic rings. The van der Waals surface area contributed by atoms with Crippen molar-refractivity contribution in [3.63, 3.8) is 0 Å². The number of rotatable bonds is 7. The molecule has 0 radical (unpaired) electrons. The van der Waals surface area contributed by atoms with Gasteiger partial charge in [0.05, 0.1) is 6.61 Å². The van der Waals surface area contributed by atoms with Crippen molar-refractivity contribution in [1.29, 1.82) is 0 Å². The number of amides is 2. The summed E-state index contributed by atoms with van der Waals surface area (Å²) in [4.78, 5) is 30.0. The quantitative estimate of drug-likeness (QED) is 0.636. The van der Waals surface area contributed by atoms with Crippen LogP contribution in [0.2, 0.25) is 5.02 Å². The molecule has 2 aliphatic heterocycles. The van der Waals surface area contributed by atoms with E-state index >= 15 is 0 Å². The van der Waals surface area contributed by atoms with E-state index in [1.807, 2.05) is 28.0 Å². The Labute approximate surface area is 184 Å². The number of likely N-dealkylation sites (tertiary alicyclic amines) is 2. The highest BCUT2D eigenvalue weighted by Crippen LogP contribution is 2.38. The summed E-state index contributed by atoms with van der Waals surface area (Å²) in [5, 5.41) is 0.635. The van der Waals surface area contributed by atoms with Gasteiger partial charge < -0.3 is 14.5 Å². The SMILES string of the molecule is O=C(C[C@@]1(COc2cccc(Cl)c2)CCCN(C(=O)CC2CC2)C1)N1CCCCC1. The molecule has 0 spiro atoms. The van der Waals surface area contributed by atoms with Crippen LogP contribution in [0.1, 0.15) is 57.8 Å². The van der Waals surface area contributed by atoms with Crippen molar-refractivity contribution < 1.29 is 14.3 Å². The predicted molar refractivity (Wildman–Crippen MR) is 118 cm³/mol. The molecule has 2 amide bonds. The van der Waals surface area contributed by atoms with Gasteiger partial charge in [-0.05, 0) is 69.1 Å². The molecule has 164 valence electrons. The normalized spacial score (nSPS) is 24.6. The van der Waals surface area contributed by atoms with Crippen LogP contribution in [0.5, 0.6) is 5.75 Å². The molecular weight excluding hydrogens is 400 g/mol. The first-order valence-corrected chi connectivity index (χ1v) is 11.8. The van der Waals surface area contributed by atoms with Crippen LogP contribution in [-0.4, -0.2) is 54.4 Å². The minimum Gasteiger partial charge on any atom is -0.493 e. The number of halogens is 1. The lowest BCUT2D eigenvalue weighted by Gasteiger charge is -2.43. The van der Waals surface area contributed by atoms with E-state index in [0.717, 1.165) is 45.3 Å². The first-order chi connectivity index (χ1) is 14.5. The maximum atomic E-state index is 13.1. The summed E-state index contributed by atoms with van der Waals surface area (Å²) in [5.74, 6) is 1.75. The average Bonchev–Trinajstić information content (AvgIpc) is 3.57. The maximum absolute atomic E-state index is 13.1. The molecule has 1 atom stereocenters. The van der Waals surface area contributed by atoms with Gasteiger partial charge >= 0.3 is 0 Å². The summed E-state index contributed by atoms with van der Waals surface area (Å²) >= 11 is 6.11. The molecule has 0 bridgehead atoms. The molecule has 4 rings (SSSR count). The second-order valence-electron chi connectivity index (χ2n) is 9.43. The van der Waals surface area contributed by atoms with E-state index < -0.39 is 0 Å². The molecule has 1 aromatic carbocycles. The van der Waals surface area contributed by atoms with E-state index in [4.69, 9.17) is 16.3 Å². The highest BCUT2D eigenvalue weighted by Gasteiger charge is 2.41. The first kappa shape index (κ1) is 21.5. The van der Waals surface area contributed by atoms with E-state index in [-0.39, 0.29) is 17.2 Å². The second-order valence-corrected chi connectivity index (χ2v) is 9.87. The van der Waals surface area contributed by atoms with Crippen molar-refractivity contribution in [3.8, 4) is 5.75 Å². The first-order valence-electron chi connectivity index (χ1n) is 11.5. The third-order valence-electron chi connectivity index (χ3n) is 6.75. The molecule has 6 heteroatoms. The van der Waals surface area contributed by atoms with Gasteiger partial charge in [-0.15, -0.1) is 0 Å². The number of ether oxygens (including phenoxy) is 1. The van der Waals surface area contributed by atoms with E-state index in [9.17, 15) is 9.59 Å². The van der Waals surface area contributed by atoms with Gasteiger partial charge in [-0.1, -0.05) is 17.7 Å². The standard InChI is InChI=1S/C24H33ClN2O3/c25-20-6-4-7-21(15-20)30-18-24(16-23(29)26-11-2-1-3-12-26)10-5-13-27(17-24)22(28)14-19-8-9-19/h4,6-7,15,19H,1-3,5,8-14,16-18H2/t24-/m0/s1. The lowest BCUT2D eigenvalue weighted by atomic mass is 9.77. The molecule has 0 unspecified atom stereocenters. The average molecular weight is 433 g/mol. The Hall–Kier alpha value is -1.75. The molecule has 0 aromatic heterocycles. The molecule has 1 aliphatic carbocycles. The third-order valence-corrected chi connectivity index (χ3v) is 6.99. The van der Waals surface area contributed by atoms with E-state index in [0.29, 0.717) is 42.7 Å². The molecule has 5 nitrogen and oxygen atoms in total. The third kappa shape index (κ3) is 5.69. The van der Waals surface area contributed by atoms with Gasteiger partial charge in [0.1, 0.15) is 5.75 Å². The number of benzene rings is 1. The smallest absolute Gasteiger partial charge is 0.223 e. The Bertz CT molecular complexity index is 761. The molecular formula is C24H33ClN2O3. The fraction of sp³-hybridized carbons (Fsp3) is 0.667. The zero-order valence-electron chi connectivity index (χ0n) is 17.8. The lowest BCUT2D eigenvalue weighted by Crippen LogP contribution is -2.51. The second kappa shape index (κ2) is 9.59. The van der Waals surface area contributed by atoms with Crippen LogP contribution >= 0.6 is 11.6 Å². The zero-order chi connectivity index (χ0) is 21.0. The van der Waals surface area contributed by atoms with E-state index in [1.54, 1.807) is 6.07 Å². The summed E-state index contributed by atoms with van der Waals surface area (Å²) in [6.45, 7) is 3.55. The monoisotopic (exact) mass is 432 g/mol. The summed E-state index contributed by atoms with van der Waals surface area (Å²) in [6.07, 6.45) is 8.66. The van der Waals surface area contributed by atoms with Crippen LogP contribution in [0.25, 0.3) is 0 Å². The van der Waals surface area contributed by atoms with Gasteiger partial charge in [0.25, 0.3) is 0 Å². The van der Waals surface area contributed by atoms with Gasteiger partial charge in [-0.2, -0.15) is 0 Å². The number of hydrogen-bond acceptors (Lipinski definition) is 3. The maximum Gasteiger partial charge on any atom is 0.223 e. The van der Waals surface area contributed by atoms with Crippen LogP contribution in [0, 0.1) is 11.3 Å². The minimum absolute atomic E-state index is 0.209. The topological polar surface area (TPSA) is 49.9 Å². The van der Waals surface area contributed by atoms with Gasteiger partial charge in [-0.25, -0.2) is 0 Å². The zero-order valence-corrected chi connectivity index (χ0v) is 18.5. The number of carbonyl (C=O) groups excluding carboxylic acids is 2. The molecule has 1 aromatic rings. The molecule has 3 fully saturated rings. The van der Waals surface area contributed by atoms with E-state index in [2.05, 4.69) is 0 Å². The van der Waals surface area contributed by atoms with Gasteiger partial charge in [-0.3, -0.25) is 9.59 Å². The van der Waals surface area contributed by atoms with Crippen LogP contribution in [0.3, 0.4) is 0 Å². The van der Waals surface area contributed by atoms with Crippen molar-refractivity contribution in [3.05, 3.63) is 29.3 Å². The molecule has 1 saturated carbocycles. The van der Waals surface area contributed by atoms with Crippen molar-refractivity contribution in [2.75, 3.05) is 32.8 Å². The Kier molecular flexibility index (Phi) is 6.87. The summed E-state index contributed by atoms with van der Waals surface area (Å²) < 4.78 is 6.15. The number of piperidine rings is 2. The van der Waals surface area contributed by atoms with Crippen LogP contribution < -0.4 is 4.74 Å². The highest BCUT2D eigenvalue weighted by atomic mass is 35.5. The molecule has 2 saturated heterocycles. The summed E-state index contributed by atoms with van der Waals surface area (Å²) in [6, 6.07) is 7.39. The Morgan fingerprint density at radius 1 is 1.03 bits per heavy atom. The van der Waals surface area contributed by atoms with Gasteiger partial charge in [0, 0.05) is 49.5 Å². The Balaban J connectivity index is 1.47. The van der Waals surface area contributed by atoms with Crippen molar-refractivity contribution >= 4 is 23.4 Å². The molecule has 0 N–H and O–H groups in total. The number of hydrogen-bond donors (Lipinski definition) is 0. The Morgan fingerprint density at radius 3 is 2.53 bits per heavy atom. The minimum atomic E-state index is -0.339. The Morgan fingerprint density at radius 2 is 1.80 bits per heavy atom. The summed E-state index contributed by atoms with van der Waals surface area (Å²) in [5.41, 5.74) is -0.339. The van der Waals surface area contributed by atoms with Crippen molar-refractivity contribution in [1.82, 2.24) is 9.80 Å². The lowest BCUT2D eigenvalue weighted by molar-refractivity contribution is -0.142. The molecule has 30 heavy (non-hydrogen) atoms. The van der Waals surface area contributed by atoms with Crippen molar-refractivity contribution in [2.24, 2.45) is 11.3 Å². The van der Waals surface area contributed by atoms with Gasteiger partial charge in [0.15, 0.2) is 0 Å². The van der Waals surface area contributed by atoms with Crippen LogP contribution in [-0.2, 0) is 9.59 Å². The number of carbonyl (C=O) groups is 2. The summed E-state index contributed by atoms with van der Waals surface area (Å²) in [7, 11) is 0. The fourth-order valence-corrected chi connectivity index (χ4v) is 4.98. The van der Waals surface area contributed by atoms with Crippen LogP contribution in [0.4, 0.5) is 0 Å².